The minimum Gasteiger partial charge on any atom is -0.494 e. The molecular formula is C21H23N3O3S. The number of benzene rings is 1. The van der Waals surface area contributed by atoms with Crippen molar-refractivity contribution in [2.75, 3.05) is 11.5 Å². The Balaban J connectivity index is 1.98. The van der Waals surface area contributed by atoms with Gasteiger partial charge >= 0.3 is 0 Å². The third-order valence-electron chi connectivity index (χ3n) is 4.30. The van der Waals surface area contributed by atoms with Crippen molar-refractivity contribution in [2.24, 2.45) is 0 Å². The molecule has 28 heavy (non-hydrogen) atoms. The van der Waals surface area contributed by atoms with E-state index in [2.05, 4.69) is 26.1 Å². The van der Waals surface area contributed by atoms with Crippen molar-refractivity contribution in [3.05, 3.63) is 53.9 Å². The lowest BCUT2D eigenvalue weighted by molar-refractivity contribution is -0.122. The predicted molar refractivity (Wildman–Crippen MR) is 113 cm³/mol. The van der Waals surface area contributed by atoms with Gasteiger partial charge in [-0.05, 0) is 82.4 Å². The number of aromatic nitrogens is 1. The average Bonchev–Trinajstić information content (AvgIpc) is 3.09. The van der Waals surface area contributed by atoms with Crippen LogP contribution < -0.4 is 15.0 Å². The second-order valence-electron chi connectivity index (χ2n) is 7.36. The maximum Gasteiger partial charge on any atom is 0.270 e. The van der Waals surface area contributed by atoms with Crippen LogP contribution in [0, 0.1) is 0 Å². The molecule has 0 bridgehead atoms. The molecule has 3 rings (SSSR count). The number of carbonyl (C=O) groups excluding carboxylic acids is 2. The van der Waals surface area contributed by atoms with E-state index < -0.39 is 11.8 Å². The lowest BCUT2D eigenvalue weighted by Gasteiger charge is -2.29. The number of anilines is 1. The van der Waals surface area contributed by atoms with E-state index in [0.717, 1.165) is 5.69 Å². The van der Waals surface area contributed by atoms with Crippen LogP contribution in [-0.4, -0.2) is 28.1 Å². The highest BCUT2D eigenvalue weighted by molar-refractivity contribution is 7.80. The van der Waals surface area contributed by atoms with Crippen LogP contribution in [0.15, 0.2) is 48.2 Å². The molecule has 1 aliphatic heterocycles. The van der Waals surface area contributed by atoms with E-state index in [1.54, 1.807) is 30.3 Å². The quantitative estimate of drug-likeness (QED) is 0.487. The van der Waals surface area contributed by atoms with Crippen molar-refractivity contribution in [1.29, 1.82) is 0 Å². The van der Waals surface area contributed by atoms with Gasteiger partial charge in [0.1, 0.15) is 11.3 Å². The van der Waals surface area contributed by atoms with Crippen molar-refractivity contribution >= 4 is 40.9 Å². The molecule has 1 fully saturated rings. The summed E-state index contributed by atoms with van der Waals surface area (Å²) in [6.45, 7) is 8.62. The largest absolute Gasteiger partial charge is 0.494 e. The topological polar surface area (TPSA) is 63.6 Å². The summed E-state index contributed by atoms with van der Waals surface area (Å²) in [7, 11) is 0. The second kappa shape index (κ2) is 7.59. The number of carbonyl (C=O) groups is 2. The van der Waals surface area contributed by atoms with Gasteiger partial charge < -0.3 is 9.30 Å². The van der Waals surface area contributed by atoms with Gasteiger partial charge in [-0.3, -0.25) is 19.8 Å². The molecule has 0 atom stereocenters. The minimum atomic E-state index is -0.501. The number of nitrogens with zero attached hydrogens (tertiary/aromatic N) is 2. The highest BCUT2D eigenvalue weighted by atomic mass is 32.1. The molecule has 0 radical (unpaired) electrons. The van der Waals surface area contributed by atoms with Gasteiger partial charge in [-0.2, -0.15) is 0 Å². The first kappa shape index (κ1) is 19.8. The Morgan fingerprint density at radius 2 is 1.82 bits per heavy atom. The zero-order valence-electron chi connectivity index (χ0n) is 16.4. The molecule has 146 valence electrons. The van der Waals surface area contributed by atoms with Crippen LogP contribution in [0.1, 0.15) is 33.4 Å². The van der Waals surface area contributed by atoms with Gasteiger partial charge in [-0.25, -0.2) is 0 Å². The highest BCUT2D eigenvalue weighted by Crippen LogP contribution is 2.26. The molecule has 7 heteroatoms. The SMILES string of the molecule is CCOc1ccc(N2C(=O)C(=Cc3cccn3C(C)(C)C)C(=O)NC2=S)cc1. The Morgan fingerprint density at radius 3 is 2.43 bits per heavy atom. The lowest BCUT2D eigenvalue weighted by Crippen LogP contribution is -2.54. The number of rotatable bonds is 4. The summed E-state index contributed by atoms with van der Waals surface area (Å²) < 4.78 is 7.44. The number of ether oxygens (including phenoxy) is 1. The van der Waals surface area contributed by atoms with Crippen LogP contribution in [0.4, 0.5) is 5.69 Å². The second-order valence-corrected chi connectivity index (χ2v) is 7.75. The molecule has 0 aliphatic carbocycles. The Kier molecular flexibility index (Phi) is 5.38. The van der Waals surface area contributed by atoms with Crippen LogP contribution in [0.2, 0.25) is 0 Å². The van der Waals surface area contributed by atoms with E-state index in [9.17, 15) is 9.59 Å². The Hall–Kier alpha value is -2.93. The van der Waals surface area contributed by atoms with Gasteiger partial charge in [0.15, 0.2) is 5.11 Å². The molecule has 0 saturated carbocycles. The van der Waals surface area contributed by atoms with Crippen molar-refractivity contribution in [3.63, 3.8) is 0 Å². The molecule has 1 aromatic heterocycles. The van der Waals surface area contributed by atoms with Crippen LogP contribution >= 0.6 is 12.2 Å². The number of nitrogens with one attached hydrogen (secondary N) is 1. The number of hydrogen-bond acceptors (Lipinski definition) is 4. The van der Waals surface area contributed by atoms with Crippen LogP contribution in [0.25, 0.3) is 6.08 Å². The van der Waals surface area contributed by atoms with E-state index in [4.69, 9.17) is 17.0 Å². The molecule has 1 N–H and O–H groups in total. The summed E-state index contributed by atoms with van der Waals surface area (Å²) in [5, 5.41) is 2.67. The van der Waals surface area contributed by atoms with E-state index in [1.807, 2.05) is 29.8 Å². The summed E-state index contributed by atoms with van der Waals surface area (Å²) >= 11 is 5.24. The zero-order valence-corrected chi connectivity index (χ0v) is 17.2. The molecule has 1 aliphatic rings. The molecule has 2 heterocycles. The average molecular weight is 398 g/mol. The Bertz CT molecular complexity index is 952. The first-order valence-electron chi connectivity index (χ1n) is 9.04. The van der Waals surface area contributed by atoms with Gasteiger partial charge in [0.05, 0.1) is 12.3 Å². The summed E-state index contributed by atoms with van der Waals surface area (Å²) in [6, 6.07) is 10.8. The third-order valence-corrected chi connectivity index (χ3v) is 4.59. The number of hydrogen-bond donors (Lipinski definition) is 1. The molecule has 2 aromatic rings. The maximum absolute atomic E-state index is 13.1. The van der Waals surface area contributed by atoms with Crippen molar-refractivity contribution < 1.29 is 14.3 Å². The third kappa shape index (κ3) is 3.84. The predicted octanol–water partition coefficient (Wildman–Crippen LogP) is 3.47. The lowest BCUT2D eigenvalue weighted by atomic mass is 10.1. The van der Waals surface area contributed by atoms with Gasteiger partial charge in [0, 0.05) is 17.4 Å². The smallest absolute Gasteiger partial charge is 0.270 e. The normalized spacial score (nSPS) is 16.5. The number of thiocarbonyl (C=S) groups is 1. The molecule has 1 aromatic carbocycles. The molecule has 1 saturated heterocycles. The maximum atomic E-state index is 13.1. The van der Waals surface area contributed by atoms with Crippen LogP contribution in [0.5, 0.6) is 5.75 Å². The summed E-state index contributed by atoms with van der Waals surface area (Å²) in [5.41, 5.74) is 1.18. The van der Waals surface area contributed by atoms with Gasteiger partial charge in [-0.15, -0.1) is 0 Å². The van der Waals surface area contributed by atoms with Gasteiger partial charge in [-0.1, -0.05) is 0 Å². The standard InChI is InChI=1S/C21H23N3O3S/c1-5-27-16-10-8-14(9-11-16)24-19(26)17(18(25)22-20(24)28)13-15-7-6-12-23(15)21(2,3)4/h6-13H,5H2,1-4H3,(H,22,25,28). The van der Waals surface area contributed by atoms with Crippen LogP contribution in [-0.2, 0) is 15.1 Å². The fourth-order valence-corrected chi connectivity index (χ4v) is 3.30. The Morgan fingerprint density at radius 1 is 1.14 bits per heavy atom. The molecule has 0 unspecified atom stereocenters. The zero-order chi connectivity index (χ0) is 20.5. The summed E-state index contributed by atoms with van der Waals surface area (Å²) in [5.74, 6) is -0.261. The first-order valence-corrected chi connectivity index (χ1v) is 9.45. The minimum absolute atomic E-state index is 0.0340. The van der Waals surface area contributed by atoms with E-state index in [-0.39, 0.29) is 16.2 Å². The fourth-order valence-electron chi connectivity index (χ4n) is 3.02. The van der Waals surface area contributed by atoms with Gasteiger partial charge in [0.25, 0.3) is 11.8 Å². The van der Waals surface area contributed by atoms with E-state index in [0.29, 0.717) is 18.0 Å². The molecular weight excluding hydrogens is 374 g/mol. The molecule has 2 amide bonds. The monoisotopic (exact) mass is 397 g/mol. The van der Waals surface area contributed by atoms with E-state index >= 15 is 0 Å². The Labute approximate surface area is 169 Å². The number of amides is 2. The van der Waals surface area contributed by atoms with E-state index in [1.165, 1.54) is 4.90 Å². The van der Waals surface area contributed by atoms with Gasteiger partial charge in [0.2, 0.25) is 0 Å². The first-order chi connectivity index (χ1) is 13.2. The van der Waals surface area contributed by atoms with Crippen molar-refractivity contribution in [2.45, 2.75) is 33.2 Å². The molecule has 6 nitrogen and oxygen atoms in total. The van der Waals surface area contributed by atoms with Crippen LogP contribution in [0.3, 0.4) is 0 Å². The highest BCUT2D eigenvalue weighted by Gasteiger charge is 2.34. The van der Waals surface area contributed by atoms with Crippen molar-refractivity contribution in [1.82, 2.24) is 9.88 Å². The van der Waals surface area contributed by atoms with Crippen molar-refractivity contribution in [3.8, 4) is 5.75 Å². The molecule has 0 spiro atoms. The summed E-state index contributed by atoms with van der Waals surface area (Å²) in [4.78, 5) is 26.9. The fraction of sp³-hybridized carbons (Fsp3) is 0.286. The summed E-state index contributed by atoms with van der Waals surface area (Å²) in [6.07, 6.45) is 3.53.